The van der Waals surface area contributed by atoms with E-state index in [1.165, 1.54) is 0 Å². The molecule has 0 aliphatic heterocycles. The molecule has 0 saturated carbocycles. The molecule has 1 aromatic rings. The summed E-state index contributed by atoms with van der Waals surface area (Å²) in [6.07, 6.45) is 3.01. The predicted octanol–water partition coefficient (Wildman–Crippen LogP) is 1.59. The second-order valence-electron chi connectivity index (χ2n) is 2.47. The van der Waals surface area contributed by atoms with Crippen molar-refractivity contribution in [3.8, 4) is 0 Å². The Morgan fingerprint density at radius 1 is 1.70 bits per heavy atom. The molecule has 0 fully saturated rings. The van der Waals surface area contributed by atoms with Crippen molar-refractivity contribution in [2.45, 2.75) is 25.9 Å². The van der Waals surface area contributed by atoms with Crippen LogP contribution in [0, 0.1) is 0 Å². The van der Waals surface area contributed by atoms with E-state index in [4.69, 9.17) is 9.52 Å². The lowest BCUT2D eigenvalue weighted by Crippen LogP contribution is -2.00. The van der Waals surface area contributed by atoms with E-state index in [9.17, 15) is 0 Å². The molecule has 0 bridgehead atoms. The first-order valence-corrected chi connectivity index (χ1v) is 3.49. The van der Waals surface area contributed by atoms with Gasteiger partial charge in [-0.2, -0.15) is 0 Å². The van der Waals surface area contributed by atoms with E-state index in [0.717, 1.165) is 18.6 Å². The number of aryl methyl sites for hydroxylation is 1. The van der Waals surface area contributed by atoms with E-state index in [0.29, 0.717) is 0 Å². The van der Waals surface area contributed by atoms with Gasteiger partial charge in [0, 0.05) is 6.42 Å². The van der Waals surface area contributed by atoms with Crippen molar-refractivity contribution in [2.24, 2.45) is 0 Å². The van der Waals surface area contributed by atoms with Gasteiger partial charge in [0.15, 0.2) is 0 Å². The number of furan rings is 1. The maximum absolute atomic E-state index is 8.91. The largest absolute Gasteiger partial charge is 0.469 e. The molecule has 0 aliphatic rings. The SMILES string of the molecule is C[C@H](O)CCc1ccco1. The van der Waals surface area contributed by atoms with Crippen LogP contribution in [0.2, 0.25) is 0 Å². The molecule has 2 nitrogen and oxygen atoms in total. The zero-order valence-electron chi connectivity index (χ0n) is 6.08. The van der Waals surface area contributed by atoms with Crippen LogP contribution in [0.5, 0.6) is 0 Å². The van der Waals surface area contributed by atoms with Crippen molar-refractivity contribution in [2.75, 3.05) is 0 Å². The third kappa shape index (κ3) is 2.23. The summed E-state index contributed by atoms with van der Waals surface area (Å²) in [7, 11) is 0. The number of hydrogen-bond acceptors (Lipinski definition) is 2. The van der Waals surface area contributed by atoms with Crippen molar-refractivity contribution in [1.82, 2.24) is 0 Å². The quantitative estimate of drug-likeness (QED) is 0.691. The normalized spacial score (nSPS) is 13.4. The molecular weight excluding hydrogens is 128 g/mol. The number of rotatable bonds is 3. The monoisotopic (exact) mass is 140 g/mol. The third-order valence-corrected chi connectivity index (χ3v) is 1.39. The minimum atomic E-state index is -0.231. The van der Waals surface area contributed by atoms with E-state index in [-0.39, 0.29) is 6.10 Å². The summed E-state index contributed by atoms with van der Waals surface area (Å²) < 4.78 is 5.07. The van der Waals surface area contributed by atoms with Crippen LogP contribution in [0.25, 0.3) is 0 Å². The second-order valence-corrected chi connectivity index (χ2v) is 2.47. The maximum Gasteiger partial charge on any atom is 0.103 e. The summed E-state index contributed by atoms with van der Waals surface area (Å²) in [6.45, 7) is 1.78. The van der Waals surface area contributed by atoms with Crippen molar-refractivity contribution in [1.29, 1.82) is 0 Å². The Labute approximate surface area is 60.5 Å². The van der Waals surface area contributed by atoms with Gasteiger partial charge in [-0.15, -0.1) is 0 Å². The predicted molar refractivity (Wildman–Crippen MR) is 38.7 cm³/mol. The number of aliphatic hydroxyl groups excluding tert-OH is 1. The van der Waals surface area contributed by atoms with E-state index >= 15 is 0 Å². The van der Waals surface area contributed by atoms with Crippen molar-refractivity contribution in [3.63, 3.8) is 0 Å². The van der Waals surface area contributed by atoms with E-state index in [1.54, 1.807) is 13.2 Å². The van der Waals surface area contributed by atoms with Crippen LogP contribution in [0.3, 0.4) is 0 Å². The molecule has 0 saturated heterocycles. The van der Waals surface area contributed by atoms with Gasteiger partial charge in [0.25, 0.3) is 0 Å². The van der Waals surface area contributed by atoms with E-state index in [2.05, 4.69) is 0 Å². The average molecular weight is 140 g/mol. The van der Waals surface area contributed by atoms with Gasteiger partial charge in [-0.1, -0.05) is 0 Å². The molecule has 0 unspecified atom stereocenters. The fraction of sp³-hybridized carbons (Fsp3) is 0.500. The average Bonchev–Trinajstić information content (AvgIpc) is 2.34. The Kier molecular flexibility index (Phi) is 2.51. The molecule has 1 aromatic heterocycles. The molecule has 1 N–H and O–H groups in total. The lowest BCUT2D eigenvalue weighted by atomic mass is 10.2. The topological polar surface area (TPSA) is 33.4 Å². The third-order valence-electron chi connectivity index (χ3n) is 1.39. The summed E-state index contributed by atoms with van der Waals surface area (Å²) in [4.78, 5) is 0. The fourth-order valence-electron chi connectivity index (χ4n) is 0.806. The van der Waals surface area contributed by atoms with Crippen molar-refractivity contribution < 1.29 is 9.52 Å². The first-order valence-electron chi connectivity index (χ1n) is 3.49. The van der Waals surface area contributed by atoms with Crippen LogP contribution in [0.15, 0.2) is 22.8 Å². The Hall–Kier alpha value is -0.760. The van der Waals surface area contributed by atoms with Gasteiger partial charge in [-0.25, -0.2) is 0 Å². The van der Waals surface area contributed by atoms with Crippen LogP contribution in [-0.4, -0.2) is 11.2 Å². The maximum atomic E-state index is 8.91. The lowest BCUT2D eigenvalue weighted by molar-refractivity contribution is 0.182. The molecular formula is C8H12O2. The van der Waals surface area contributed by atoms with Gasteiger partial charge in [0.1, 0.15) is 5.76 Å². The first-order chi connectivity index (χ1) is 4.79. The van der Waals surface area contributed by atoms with Crippen LogP contribution in [-0.2, 0) is 6.42 Å². The summed E-state index contributed by atoms with van der Waals surface area (Å²) in [5, 5.41) is 8.91. The standard InChI is InChI=1S/C8H12O2/c1-7(9)4-5-8-3-2-6-10-8/h2-3,6-7,9H,4-5H2,1H3/t7-/m0/s1. The molecule has 1 rings (SSSR count). The molecule has 1 atom stereocenters. The minimum Gasteiger partial charge on any atom is -0.469 e. The van der Waals surface area contributed by atoms with E-state index in [1.807, 2.05) is 12.1 Å². The lowest BCUT2D eigenvalue weighted by Gasteiger charge is -1.99. The highest BCUT2D eigenvalue weighted by Gasteiger charge is 1.98. The highest BCUT2D eigenvalue weighted by atomic mass is 16.3. The molecule has 56 valence electrons. The summed E-state index contributed by atoms with van der Waals surface area (Å²) in [5.74, 6) is 0.945. The molecule has 0 spiro atoms. The number of aliphatic hydroxyl groups is 1. The van der Waals surface area contributed by atoms with Gasteiger partial charge in [0.05, 0.1) is 12.4 Å². The zero-order valence-corrected chi connectivity index (χ0v) is 6.08. The Morgan fingerprint density at radius 3 is 3.00 bits per heavy atom. The molecule has 0 radical (unpaired) electrons. The Balaban J connectivity index is 2.28. The van der Waals surface area contributed by atoms with Gasteiger partial charge in [-0.05, 0) is 25.5 Å². The zero-order chi connectivity index (χ0) is 7.40. The Morgan fingerprint density at radius 2 is 2.50 bits per heavy atom. The van der Waals surface area contributed by atoms with Crippen LogP contribution in [0.4, 0.5) is 0 Å². The Bertz CT molecular complexity index is 165. The molecule has 0 aliphatic carbocycles. The highest BCUT2D eigenvalue weighted by molar-refractivity contribution is 4.97. The highest BCUT2D eigenvalue weighted by Crippen LogP contribution is 2.04. The fourth-order valence-corrected chi connectivity index (χ4v) is 0.806. The smallest absolute Gasteiger partial charge is 0.103 e. The number of hydrogen-bond donors (Lipinski definition) is 1. The van der Waals surface area contributed by atoms with Gasteiger partial charge < -0.3 is 9.52 Å². The van der Waals surface area contributed by atoms with Gasteiger partial charge >= 0.3 is 0 Å². The van der Waals surface area contributed by atoms with Crippen molar-refractivity contribution in [3.05, 3.63) is 24.2 Å². The molecule has 0 amide bonds. The van der Waals surface area contributed by atoms with Gasteiger partial charge in [-0.3, -0.25) is 0 Å². The van der Waals surface area contributed by atoms with Crippen LogP contribution in [0.1, 0.15) is 19.1 Å². The minimum absolute atomic E-state index is 0.231. The molecule has 2 heteroatoms. The second kappa shape index (κ2) is 3.42. The molecule has 0 aromatic carbocycles. The van der Waals surface area contributed by atoms with Gasteiger partial charge in [0.2, 0.25) is 0 Å². The summed E-state index contributed by atoms with van der Waals surface area (Å²) >= 11 is 0. The van der Waals surface area contributed by atoms with Crippen LogP contribution >= 0.6 is 0 Å². The molecule has 1 heterocycles. The van der Waals surface area contributed by atoms with Crippen LogP contribution < -0.4 is 0 Å². The van der Waals surface area contributed by atoms with E-state index < -0.39 is 0 Å². The first kappa shape index (κ1) is 7.35. The summed E-state index contributed by atoms with van der Waals surface area (Å²) in [5.41, 5.74) is 0. The summed E-state index contributed by atoms with van der Waals surface area (Å²) in [6, 6.07) is 3.78. The van der Waals surface area contributed by atoms with Crippen molar-refractivity contribution >= 4 is 0 Å². The molecule has 10 heavy (non-hydrogen) atoms.